The molecule has 1 aliphatic heterocycles. The van der Waals surface area contributed by atoms with Crippen LogP contribution in [0.5, 0.6) is 0 Å². The van der Waals surface area contributed by atoms with Gasteiger partial charge in [-0.3, -0.25) is 4.99 Å². The number of benzene rings is 1. The molecule has 0 radical (unpaired) electrons. The number of amidine groups is 1. The highest BCUT2D eigenvalue weighted by atomic mass is 32.2. The van der Waals surface area contributed by atoms with E-state index in [0.29, 0.717) is 16.1 Å². The largest absolute Gasteiger partial charge is 0.415 e. The highest BCUT2D eigenvalue weighted by molar-refractivity contribution is 7.93. The fourth-order valence-corrected chi connectivity index (χ4v) is 6.03. The lowest BCUT2D eigenvalue weighted by atomic mass is 10.0. The number of nitrogens with zero attached hydrogens (tertiary/aromatic N) is 4. The Labute approximate surface area is 182 Å². The molecule has 160 valence electrons. The first-order valence-corrected chi connectivity index (χ1v) is 11.6. The van der Waals surface area contributed by atoms with Crippen LogP contribution in [0.3, 0.4) is 0 Å². The molecule has 0 fully saturated rings. The highest BCUT2D eigenvalue weighted by Gasteiger charge is 2.50. The van der Waals surface area contributed by atoms with E-state index in [1.54, 1.807) is 31.2 Å². The van der Waals surface area contributed by atoms with Gasteiger partial charge in [0.05, 0.1) is 22.1 Å². The molecule has 0 saturated carbocycles. The van der Waals surface area contributed by atoms with Gasteiger partial charge in [-0.05, 0) is 26.8 Å². The van der Waals surface area contributed by atoms with Crippen molar-refractivity contribution < 1.29 is 17.2 Å². The number of rotatable bonds is 3. The van der Waals surface area contributed by atoms with Gasteiger partial charge in [-0.1, -0.05) is 24.3 Å². The van der Waals surface area contributed by atoms with Crippen LogP contribution in [-0.2, 0) is 15.4 Å². The molecule has 0 aliphatic carbocycles. The Hall–Kier alpha value is -3.10. The molecule has 0 amide bonds. The molecule has 31 heavy (non-hydrogen) atoms. The molecule has 0 unspecified atom stereocenters. The maximum absolute atomic E-state index is 14.9. The van der Waals surface area contributed by atoms with E-state index in [1.165, 1.54) is 19.9 Å². The Kier molecular flexibility index (Phi) is 4.75. The second kappa shape index (κ2) is 6.96. The lowest BCUT2D eigenvalue weighted by molar-refractivity contribution is 0.486. The number of thiophene rings is 1. The van der Waals surface area contributed by atoms with Gasteiger partial charge in [0, 0.05) is 5.56 Å². The van der Waals surface area contributed by atoms with Crippen molar-refractivity contribution >= 4 is 32.7 Å². The summed E-state index contributed by atoms with van der Waals surface area (Å²) in [5, 5.41) is 7.97. The molecule has 1 atom stereocenters. The zero-order chi connectivity index (χ0) is 22.6. The third-order valence-corrected chi connectivity index (χ3v) is 9.35. The number of aromatic nitrogens is 2. The Morgan fingerprint density at radius 2 is 1.84 bits per heavy atom. The lowest BCUT2D eigenvalue weighted by Crippen LogP contribution is -2.54. The van der Waals surface area contributed by atoms with Crippen molar-refractivity contribution in [3.8, 4) is 22.2 Å². The number of aliphatic imine (C=N–C) groups is 1. The molecule has 2 N–H and O–H groups in total. The molecule has 0 bridgehead atoms. The maximum atomic E-state index is 14.9. The smallest absolute Gasteiger partial charge is 0.258 e. The van der Waals surface area contributed by atoms with Crippen molar-refractivity contribution in [2.24, 2.45) is 10.7 Å². The van der Waals surface area contributed by atoms with Gasteiger partial charge in [-0.25, -0.2) is 17.7 Å². The third-order valence-electron chi connectivity index (χ3n) is 5.29. The van der Waals surface area contributed by atoms with Crippen molar-refractivity contribution in [3.05, 3.63) is 52.4 Å². The first-order chi connectivity index (χ1) is 14.5. The van der Waals surface area contributed by atoms with Crippen LogP contribution in [0.4, 0.5) is 10.1 Å². The fraction of sp³-hybridized carbons (Fsp3) is 0.300. The number of hydrogen-bond donors (Lipinski definition) is 1. The Bertz CT molecular complexity index is 1350. The van der Waals surface area contributed by atoms with E-state index in [4.69, 9.17) is 16.7 Å². The standard InChI is InChI=1S/C20H18FN5O3S2/c1-19(2)18(22)24-20(3,10-31(19,27)28)15-13(21)9-14(30-15)17-26-25-16(29-17)11-5-7-12(23-4)8-6-11/h5-9H,10H2,1-3H3,(H2,22,24)/t20-/m0/s1. The predicted molar refractivity (Wildman–Crippen MR) is 116 cm³/mol. The van der Waals surface area contributed by atoms with Crippen LogP contribution >= 0.6 is 11.3 Å². The van der Waals surface area contributed by atoms with Gasteiger partial charge in [0.25, 0.3) is 5.89 Å². The molecule has 0 saturated heterocycles. The van der Waals surface area contributed by atoms with Crippen LogP contribution in [-0.4, -0.2) is 35.0 Å². The summed E-state index contributed by atoms with van der Waals surface area (Å²) < 4.78 is 44.8. The summed E-state index contributed by atoms with van der Waals surface area (Å²) in [6.07, 6.45) is 0. The Balaban J connectivity index is 1.71. The molecule has 3 aromatic rings. The van der Waals surface area contributed by atoms with E-state index in [2.05, 4.69) is 20.0 Å². The second-order valence-electron chi connectivity index (χ2n) is 7.90. The number of sulfone groups is 1. The van der Waals surface area contributed by atoms with Crippen LogP contribution < -0.4 is 5.73 Å². The molecule has 4 rings (SSSR count). The predicted octanol–water partition coefficient (Wildman–Crippen LogP) is 3.93. The van der Waals surface area contributed by atoms with E-state index in [0.717, 1.165) is 11.3 Å². The van der Waals surface area contributed by atoms with Gasteiger partial charge < -0.3 is 10.2 Å². The molecule has 8 nitrogen and oxygen atoms in total. The normalized spacial score (nSPS) is 22.0. The quantitative estimate of drug-likeness (QED) is 0.593. The number of hydrogen-bond acceptors (Lipinski definition) is 8. The van der Waals surface area contributed by atoms with Crippen molar-refractivity contribution in [1.29, 1.82) is 0 Å². The molecule has 1 aliphatic rings. The molecular weight excluding hydrogens is 441 g/mol. The van der Waals surface area contributed by atoms with Gasteiger partial charge in [0.2, 0.25) is 5.89 Å². The molecular formula is C20H18FN5O3S2. The Morgan fingerprint density at radius 1 is 1.19 bits per heavy atom. The number of halogens is 1. The minimum absolute atomic E-state index is 0.0569. The average molecular weight is 460 g/mol. The van der Waals surface area contributed by atoms with E-state index < -0.39 is 25.9 Å². The van der Waals surface area contributed by atoms with E-state index in [9.17, 15) is 12.8 Å². The highest BCUT2D eigenvalue weighted by Crippen LogP contribution is 2.43. The second-order valence-corrected chi connectivity index (χ2v) is 11.5. The molecule has 0 spiro atoms. The lowest BCUT2D eigenvalue weighted by Gasteiger charge is -2.37. The van der Waals surface area contributed by atoms with E-state index in [1.807, 2.05) is 0 Å². The van der Waals surface area contributed by atoms with Crippen LogP contribution in [0.15, 0.2) is 39.7 Å². The zero-order valence-electron chi connectivity index (χ0n) is 16.9. The first kappa shape index (κ1) is 21.1. The average Bonchev–Trinajstić information content (AvgIpc) is 3.33. The topological polar surface area (TPSA) is 116 Å². The van der Waals surface area contributed by atoms with Gasteiger partial charge >= 0.3 is 0 Å². The van der Waals surface area contributed by atoms with Crippen molar-refractivity contribution in [1.82, 2.24) is 10.2 Å². The molecule has 1 aromatic carbocycles. The van der Waals surface area contributed by atoms with Gasteiger partial charge in [-0.2, -0.15) is 0 Å². The summed E-state index contributed by atoms with van der Waals surface area (Å²) in [7, 11) is -3.66. The van der Waals surface area contributed by atoms with Gasteiger partial charge in [0.1, 0.15) is 21.9 Å². The zero-order valence-corrected chi connectivity index (χ0v) is 18.5. The van der Waals surface area contributed by atoms with Gasteiger partial charge in [-0.15, -0.1) is 21.5 Å². The van der Waals surface area contributed by atoms with Crippen LogP contribution in [0.1, 0.15) is 25.6 Å². The van der Waals surface area contributed by atoms with Gasteiger partial charge in [0.15, 0.2) is 15.5 Å². The minimum Gasteiger partial charge on any atom is -0.415 e. The molecule has 11 heteroatoms. The van der Waals surface area contributed by atoms with Crippen molar-refractivity contribution in [2.75, 3.05) is 5.75 Å². The monoisotopic (exact) mass is 459 g/mol. The van der Waals surface area contributed by atoms with Crippen molar-refractivity contribution in [3.63, 3.8) is 0 Å². The summed E-state index contributed by atoms with van der Waals surface area (Å²) in [5.74, 6) is -0.725. The maximum Gasteiger partial charge on any atom is 0.258 e. The summed E-state index contributed by atoms with van der Waals surface area (Å²) >= 11 is 0.997. The van der Waals surface area contributed by atoms with Crippen LogP contribution in [0, 0.1) is 12.4 Å². The van der Waals surface area contributed by atoms with E-state index >= 15 is 0 Å². The third kappa shape index (κ3) is 3.41. The Morgan fingerprint density at radius 3 is 2.45 bits per heavy atom. The summed E-state index contributed by atoms with van der Waals surface area (Å²) in [6, 6.07) is 7.84. The summed E-state index contributed by atoms with van der Waals surface area (Å²) in [6.45, 7) is 11.5. The SMILES string of the molecule is [C-]#[N+]c1ccc(-c2nnc(-c3cc(F)c([C@]4(C)CS(=O)(=O)C(C)(C)C(N)=N4)s3)o2)cc1. The molecule has 2 aromatic heterocycles. The van der Waals surface area contributed by atoms with Crippen molar-refractivity contribution in [2.45, 2.75) is 31.1 Å². The summed E-state index contributed by atoms with van der Waals surface area (Å²) in [4.78, 5) is 8.17. The summed E-state index contributed by atoms with van der Waals surface area (Å²) in [5.41, 5.74) is 5.69. The number of nitrogens with two attached hydrogens (primary N) is 1. The minimum atomic E-state index is -3.66. The fourth-order valence-electron chi connectivity index (χ4n) is 3.22. The van der Waals surface area contributed by atoms with Crippen LogP contribution in [0.25, 0.3) is 27.1 Å². The van der Waals surface area contributed by atoms with Crippen LogP contribution in [0.2, 0.25) is 0 Å². The molecule has 3 heterocycles. The first-order valence-electron chi connectivity index (χ1n) is 9.16. The van der Waals surface area contributed by atoms with E-state index in [-0.39, 0.29) is 28.2 Å².